The van der Waals surface area contributed by atoms with Crippen LogP contribution in [0.15, 0.2) is 22.7 Å². The number of rotatable bonds is 8. The van der Waals surface area contributed by atoms with E-state index in [1.807, 2.05) is 6.92 Å². The Morgan fingerprint density at radius 3 is 2.57 bits per heavy atom. The van der Waals surface area contributed by atoms with Crippen LogP contribution in [0.2, 0.25) is 0 Å². The molecule has 2 aliphatic rings. The highest BCUT2D eigenvalue weighted by molar-refractivity contribution is 5.95. The number of aromatic nitrogens is 2. The normalized spacial score (nSPS) is 18.7. The second-order valence-electron chi connectivity index (χ2n) is 8.50. The second-order valence-corrected chi connectivity index (χ2v) is 8.50. The number of hydrogen-bond donors (Lipinski definition) is 1. The van der Waals surface area contributed by atoms with Crippen molar-refractivity contribution >= 4 is 5.91 Å². The van der Waals surface area contributed by atoms with E-state index in [1.54, 1.807) is 19.1 Å². The molecule has 30 heavy (non-hydrogen) atoms. The lowest BCUT2D eigenvalue weighted by Gasteiger charge is -2.28. The minimum absolute atomic E-state index is 0.113. The van der Waals surface area contributed by atoms with Gasteiger partial charge in [0, 0.05) is 12.5 Å². The first kappa shape index (κ1) is 20.7. The quantitative estimate of drug-likeness (QED) is 0.669. The number of halogens is 3. The number of alkyl halides is 3. The molecule has 0 saturated heterocycles. The molecule has 162 valence electrons. The molecule has 1 N–H and O–H groups in total. The van der Waals surface area contributed by atoms with E-state index >= 15 is 0 Å². The molecule has 6 nitrogen and oxygen atoms in total. The van der Waals surface area contributed by atoms with Gasteiger partial charge < -0.3 is 14.6 Å². The van der Waals surface area contributed by atoms with Crippen LogP contribution in [-0.4, -0.2) is 28.8 Å². The van der Waals surface area contributed by atoms with E-state index in [4.69, 9.17) is 9.26 Å². The molecule has 0 unspecified atom stereocenters. The minimum Gasteiger partial charge on any atom is -0.484 e. The summed E-state index contributed by atoms with van der Waals surface area (Å²) in [6.07, 6.45) is 0.185. The molecule has 1 heterocycles. The summed E-state index contributed by atoms with van der Waals surface area (Å²) in [5.74, 6) is 1.15. The molecule has 0 bridgehead atoms. The summed E-state index contributed by atoms with van der Waals surface area (Å²) in [5, 5.41) is 6.96. The lowest BCUT2D eigenvalue weighted by Crippen LogP contribution is -2.44. The Morgan fingerprint density at radius 2 is 2.00 bits per heavy atom. The monoisotopic (exact) mass is 423 g/mol. The number of ether oxygens (including phenoxy) is 1. The van der Waals surface area contributed by atoms with Crippen LogP contribution >= 0.6 is 0 Å². The molecule has 4 rings (SSSR count). The van der Waals surface area contributed by atoms with Gasteiger partial charge in [0.25, 0.3) is 5.91 Å². The van der Waals surface area contributed by atoms with Gasteiger partial charge in [-0.25, -0.2) is 0 Å². The standard InChI is InChI=1S/C21H24F3N3O3/c1-12-25-19(27-30-12)20(2,10-13-3-4-13)26-18(28)15-7-8-16(14-5-6-14)17(9-15)29-11-21(22,23)24/h7-9,13-14H,3-6,10-11H2,1-2H3,(H,26,28)/t20-/m1/s1. The van der Waals surface area contributed by atoms with Crippen LogP contribution in [0.5, 0.6) is 5.75 Å². The summed E-state index contributed by atoms with van der Waals surface area (Å²) in [6.45, 7) is 2.13. The Balaban J connectivity index is 1.56. The van der Waals surface area contributed by atoms with E-state index < -0.39 is 24.2 Å². The Morgan fingerprint density at radius 1 is 1.27 bits per heavy atom. The Hall–Kier alpha value is -2.58. The first-order chi connectivity index (χ1) is 14.1. The predicted octanol–water partition coefficient (Wildman–Crippen LogP) is 4.64. The highest BCUT2D eigenvalue weighted by Gasteiger charge is 2.40. The number of hydrogen-bond acceptors (Lipinski definition) is 5. The molecule has 1 atom stereocenters. The zero-order valence-electron chi connectivity index (χ0n) is 16.9. The fraction of sp³-hybridized carbons (Fsp3) is 0.571. The van der Waals surface area contributed by atoms with Gasteiger partial charge >= 0.3 is 6.18 Å². The number of benzene rings is 1. The summed E-state index contributed by atoms with van der Waals surface area (Å²) in [6, 6.07) is 4.71. The number of nitrogens with zero attached hydrogens (tertiary/aromatic N) is 2. The van der Waals surface area contributed by atoms with Gasteiger partial charge in [0.1, 0.15) is 11.3 Å². The zero-order chi connectivity index (χ0) is 21.5. The van der Waals surface area contributed by atoms with Gasteiger partial charge in [0.15, 0.2) is 12.4 Å². The maximum Gasteiger partial charge on any atom is 0.422 e. The average Bonchev–Trinajstić information content (AvgIpc) is 3.59. The lowest BCUT2D eigenvalue weighted by atomic mass is 9.93. The van der Waals surface area contributed by atoms with Crippen LogP contribution in [0.25, 0.3) is 0 Å². The van der Waals surface area contributed by atoms with Gasteiger partial charge in [-0.05, 0) is 55.7 Å². The highest BCUT2D eigenvalue weighted by Crippen LogP contribution is 2.45. The Bertz CT molecular complexity index is 935. The van der Waals surface area contributed by atoms with Crippen LogP contribution in [-0.2, 0) is 5.54 Å². The van der Waals surface area contributed by atoms with Crippen molar-refractivity contribution in [3.8, 4) is 5.75 Å². The molecule has 1 aromatic carbocycles. The summed E-state index contributed by atoms with van der Waals surface area (Å²) in [5.41, 5.74) is 0.113. The maximum absolute atomic E-state index is 13.0. The molecule has 0 aliphatic heterocycles. The molecule has 0 radical (unpaired) electrons. The van der Waals surface area contributed by atoms with Crippen molar-refractivity contribution in [3.05, 3.63) is 41.0 Å². The fourth-order valence-corrected chi connectivity index (χ4v) is 3.64. The van der Waals surface area contributed by atoms with Crippen LogP contribution < -0.4 is 10.1 Å². The summed E-state index contributed by atoms with van der Waals surface area (Å²) < 4.78 is 48.1. The van der Waals surface area contributed by atoms with Crippen LogP contribution in [0.4, 0.5) is 13.2 Å². The molecule has 2 saturated carbocycles. The molecular weight excluding hydrogens is 399 g/mol. The molecule has 1 amide bonds. The number of nitrogens with one attached hydrogen (secondary N) is 1. The van der Waals surface area contributed by atoms with Crippen molar-refractivity contribution in [2.45, 2.75) is 63.6 Å². The number of carbonyl (C=O) groups is 1. The smallest absolute Gasteiger partial charge is 0.422 e. The minimum atomic E-state index is -4.45. The van der Waals surface area contributed by atoms with Crippen molar-refractivity contribution < 1.29 is 27.2 Å². The van der Waals surface area contributed by atoms with Crippen LogP contribution in [0, 0.1) is 12.8 Å². The largest absolute Gasteiger partial charge is 0.484 e. The van der Waals surface area contributed by atoms with Crippen molar-refractivity contribution in [3.63, 3.8) is 0 Å². The molecule has 1 aromatic heterocycles. The fourth-order valence-electron chi connectivity index (χ4n) is 3.64. The molecular formula is C21H24F3N3O3. The van der Waals surface area contributed by atoms with Crippen molar-refractivity contribution in [2.24, 2.45) is 5.92 Å². The van der Waals surface area contributed by atoms with Gasteiger partial charge in [-0.2, -0.15) is 18.2 Å². The average molecular weight is 423 g/mol. The number of amides is 1. The van der Waals surface area contributed by atoms with Crippen molar-refractivity contribution in [2.75, 3.05) is 6.61 Å². The first-order valence-corrected chi connectivity index (χ1v) is 10.1. The summed E-state index contributed by atoms with van der Waals surface area (Å²) in [4.78, 5) is 17.3. The van der Waals surface area contributed by atoms with E-state index in [2.05, 4.69) is 15.5 Å². The predicted molar refractivity (Wildman–Crippen MR) is 101 cm³/mol. The lowest BCUT2D eigenvalue weighted by molar-refractivity contribution is -0.153. The summed E-state index contributed by atoms with van der Waals surface area (Å²) in [7, 11) is 0. The van der Waals surface area contributed by atoms with Crippen molar-refractivity contribution in [1.82, 2.24) is 15.5 Å². The number of carbonyl (C=O) groups excluding carboxylic acids is 1. The second kappa shape index (κ2) is 7.59. The number of aryl methyl sites for hydroxylation is 1. The van der Waals surface area contributed by atoms with Crippen LogP contribution in [0.3, 0.4) is 0 Å². The third kappa shape index (κ3) is 4.94. The van der Waals surface area contributed by atoms with Gasteiger partial charge in [-0.1, -0.05) is 24.1 Å². The Labute approximate surface area is 172 Å². The van der Waals surface area contributed by atoms with E-state index in [-0.39, 0.29) is 17.2 Å². The molecule has 2 aromatic rings. The van der Waals surface area contributed by atoms with E-state index in [9.17, 15) is 18.0 Å². The molecule has 2 fully saturated rings. The van der Waals surface area contributed by atoms with Crippen LogP contribution in [0.1, 0.15) is 72.6 Å². The van der Waals surface area contributed by atoms with Gasteiger partial charge in [0.05, 0.1) is 0 Å². The molecule has 2 aliphatic carbocycles. The van der Waals surface area contributed by atoms with E-state index in [0.717, 1.165) is 25.7 Å². The van der Waals surface area contributed by atoms with Crippen molar-refractivity contribution in [1.29, 1.82) is 0 Å². The van der Waals surface area contributed by atoms with Gasteiger partial charge in [-0.15, -0.1) is 0 Å². The third-order valence-corrected chi connectivity index (χ3v) is 5.49. The van der Waals surface area contributed by atoms with Gasteiger partial charge in [-0.3, -0.25) is 4.79 Å². The topological polar surface area (TPSA) is 77.2 Å². The highest BCUT2D eigenvalue weighted by atomic mass is 19.4. The zero-order valence-corrected chi connectivity index (χ0v) is 16.9. The maximum atomic E-state index is 13.0. The van der Waals surface area contributed by atoms with Gasteiger partial charge in [0.2, 0.25) is 5.89 Å². The van der Waals surface area contributed by atoms with E-state index in [1.165, 1.54) is 6.07 Å². The van der Waals surface area contributed by atoms with E-state index in [0.29, 0.717) is 29.6 Å². The SMILES string of the molecule is Cc1nc([C@@](C)(CC2CC2)NC(=O)c2ccc(C3CC3)c(OCC(F)(F)F)c2)no1. The molecule has 9 heteroatoms. The summed E-state index contributed by atoms with van der Waals surface area (Å²) >= 11 is 0. The first-order valence-electron chi connectivity index (χ1n) is 10.1. The molecule has 0 spiro atoms. The third-order valence-electron chi connectivity index (χ3n) is 5.49. The Kier molecular flexibility index (Phi) is 5.23.